The van der Waals surface area contributed by atoms with Gasteiger partial charge < -0.3 is 10.6 Å². The molecule has 2 amide bonds. The van der Waals surface area contributed by atoms with Gasteiger partial charge in [-0.15, -0.1) is 0 Å². The molecule has 0 saturated carbocycles. The second kappa shape index (κ2) is 6.11. The minimum absolute atomic E-state index is 0.0541. The predicted molar refractivity (Wildman–Crippen MR) is 93.9 cm³/mol. The fourth-order valence-corrected chi connectivity index (χ4v) is 3.51. The van der Waals surface area contributed by atoms with Crippen LogP contribution in [0.1, 0.15) is 52.5 Å². The molecular weight excluding hydrogens is 300 g/mol. The molecule has 0 aromatic heterocycles. The zero-order valence-corrected chi connectivity index (χ0v) is 14.0. The lowest BCUT2D eigenvalue weighted by Crippen LogP contribution is -2.42. The zero-order valence-electron chi connectivity index (χ0n) is 14.0. The Kier molecular flexibility index (Phi) is 4.14. The second-order valence-corrected chi connectivity index (χ2v) is 6.98. The van der Waals surface area contributed by atoms with Gasteiger partial charge in [-0.3, -0.25) is 9.59 Å². The molecule has 0 bridgehead atoms. The summed E-state index contributed by atoms with van der Waals surface area (Å²) in [5, 5.41) is 0. The number of hydrogen-bond acceptors (Lipinski definition) is 2. The summed E-state index contributed by atoms with van der Waals surface area (Å²) in [6.07, 6.45) is 0.915. The van der Waals surface area contributed by atoms with Crippen molar-refractivity contribution in [3.05, 3.63) is 71.3 Å². The highest BCUT2D eigenvalue weighted by Crippen LogP contribution is 2.39. The summed E-state index contributed by atoms with van der Waals surface area (Å²) < 4.78 is 0. The molecule has 124 valence electrons. The molecule has 4 nitrogen and oxygen atoms in total. The van der Waals surface area contributed by atoms with E-state index in [9.17, 15) is 9.59 Å². The van der Waals surface area contributed by atoms with Crippen molar-refractivity contribution in [1.82, 2.24) is 4.90 Å². The van der Waals surface area contributed by atoms with E-state index in [-0.39, 0.29) is 11.4 Å². The number of benzene rings is 2. The standard InChI is InChI=1S/C20H22N2O2/c1-20(2)12-17(14-7-4-3-5-8-14)13-22(20)19(24)16-10-6-9-15(11-16)18(21)23/h3-11,17H,12-13H2,1-2H3,(H2,21,23). The first-order valence-electron chi connectivity index (χ1n) is 8.15. The van der Waals surface area contributed by atoms with E-state index in [1.807, 2.05) is 23.1 Å². The van der Waals surface area contributed by atoms with Crippen molar-refractivity contribution < 1.29 is 9.59 Å². The molecule has 2 aromatic rings. The number of carbonyl (C=O) groups is 2. The summed E-state index contributed by atoms with van der Waals surface area (Å²) in [6.45, 7) is 4.86. The molecule has 4 heteroatoms. The molecule has 1 atom stereocenters. The third-order valence-corrected chi connectivity index (χ3v) is 4.79. The number of nitrogens with two attached hydrogens (primary N) is 1. The van der Waals surface area contributed by atoms with Gasteiger partial charge in [-0.05, 0) is 44.0 Å². The van der Waals surface area contributed by atoms with E-state index in [0.29, 0.717) is 23.6 Å². The first kappa shape index (κ1) is 16.2. The van der Waals surface area contributed by atoms with Gasteiger partial charge in [0.05, 0.1) is 0 Å². The maximum atomic E-state index is 13.0. The highest BCUT2D eigenvalue weighted by atomic mass is 16.2. The van der Waals surface area contributed by atoms with E-state index in [2.05, 4.69) is 26.0 Å². The van der Waals surface area contributed by atoms with Gasteiger partial charge in [0.25, 0.3) is 5.91 Å². The topological polar surface area (TPSA) is 63.4 Å². The number of hydrogen-bond donors (Lipinski definition) is 1. The fourth-order valence-electron chi connectivity index (χ4n) is 3.51. The fraction of sp³-hybridized carbons (Fsp3) is 0.300. The van der Waals surface area contributed by atoms with Crippen LogP contribution in [0, 0.1) is 0 Å². The van der Waals surface area contributed by atoms with Gasteiger partial charge in [-0.1, -0.05) is 36.4 Å². The Morgan fingerprint density at radius 1 is 1.04 bits per heavy atom. The Hall–Kier alpha value is -2.62. The van der Waals surface area contributed by atoms with Gasteiger partial charge in [0.1, 0.15) is 0 Å². The van der Waals surface area contributed by atoms with Crippen molar-refractivity contribution in [1.29, 1.82) is 0 Å². The van der Waals surface area contributed by atoms with Gasteiger partial charge in [0.15, 0.2) is 0 Å². The molecule has 3 rings (SSSR count). The molecule has 0 aliphatic carbocycles. The Bertz CT molecular complexity index is 768. The Labute approximate surface area is 142 Å². The van der Waals surface area contributed by atoms with Crippen LogP contribution in [0.2, 0.25) is 0 Å². The van der Waals surface area contributed by atoms with Crippen molar-refractivity contribution in [3.8, 4) is 0 Å². The van der Waals surface area contributed by atoms with Gasteiger partial charge in [-0.2, -0.15) is 0 Å². The molecule has 1 unspecified atom stereocenters. The van der Waals surface area contributed by atoms with Crippen molar-refractivity contribution in [2.75, 3.05) is 6.54 Å². The zero-order chi connectivity index (χ0) is 17.3. The van der Waals surface area contributed by atoms with Crippen LogP contribution < -0.4 is 5.73 Å². The number of primary amides is 1. The highest BCUT2D eigenvalue weighted by molar-refractivity contribution is 5.99. The van der Waals surface area contributed by atoms with E-state index >= 15 is 0 Å². The lowest BCUT2D eigenvalue weighted by molar-refractivity contribution is 0.0651. The first-order valence-corrected chi connectivity index (χ1v) is 8.15. The summed E-state index contributed by atoms with van der Waals surface area (Å²) >= 11 is 0. The van der Waals surface area contributed by atoms with Crippen LogP contribution >= 0.6 is 0 Å². The van der Waals surface area contributed by atoms with E-state index < -0.39 is 5.91 Å². The molecule has 1 fully saturated rings. The smallest absolute Gasteiger partial charge is 0.254 e. The number of likely N-dealkylation sites (tertiary alicyclic amines) is 1. The number of rotatable bonds is 3. The molecule has 1 saturated heterocycles. The van der Waals surface area contributed by atoms with Crippen LogP contribution in [0.5, 0.6) is 0 Å². The molecule has 2 N–H and O–H groups in total. The molecule has 0 spiro atoms. The van der Waals surface area contributed by atoms with Crippen molar-refractivity contribution >= 4 is 11.8 Å². The van der Waals surface area contributed by atoms with E-state index in [0.717, 1.165) is 6.42 Å². The van der Waals surface area contributed by atoms with Crippen LogP contribution in [-0.2, 0) is 0 Å². The predicted octanol–water partition coefficient (Wildman–Crippen LogP) is 3.19. The van der Waals surface area contributed by atoms with Gasteiger partial charge in [0.2, 0.25) is 5.91 Å². The molecule has 1 aliphatic heterocycles. The average Bonchev–Trinajstić information content (AvgIpc) is 2.90. The first-order chi connectivity index (χ1) is 11.4. The van der Waals surface area contributed by atoms with Crippen molar-refractivity contribution in [2.24, 2.45) is 5.73 Å². The maximum Gasteiger partial charge on any atom is 0.254 e. The molecule has 2 aromatic carbocycles. The third kappa shape index (κ3) is 3.04. The van der Waals surface area contributed by atoms with Crippen molar-refractivity contribution in [2.45, 2.75) is 31.7 Å². The molecule has 0 radical (unpaired) electrons. The van der Waals surface area contributed by atoms with Crippen LogP contribution in [0.3, 0.4) is 0 Å². The summed E-state index contributed by atoms with van der Waals surface area (Å²) in [6, 6.07) is 16.9. The Morgan fingerprint density at radius 2 is 1.71 bits per heavy atom. The quantitative estimate of drug-likeness (QED) is 0.943. The van der Waals surface area contributed by atoms with Gasteiger partial charge >= 0.3 is 0 Å². The second-order valence-electron chi connectivity index (χ2n) is 6.98. The number of carbonyl (C=O) groups excluding carboxylic acids is 2. The van der Waals surface area contributed by atoms with E-state index in [4.69, 9.17) is 5.73 Å². The van der Waals surface area contributed by atoms with Gasteiger partial charge in [-0.25, -0.2) is 0 Å². The minimum atomic E-state index is -0.521. The van der Waals surface area contributed by atoms with Crippen LogP contribution in [-0.4, -0.2) is 28.8 Å². The highest BCUT2D eigenvalue weighted by Gasteiger charge is 2.41. The SMILES string of the molecule is CC1(C)CC(c2ccccc2)CN1C(=O)c1cccc(C(N)=O)c1. The normalized spacial score (nSPS) is 19.2. The summed E-state index contributed by atoms with van der Waals surface area (Å²) in [7, 11) is 0. The van der Waals surface area contributed by atoms with Gasteiger partial charge in [0, 0.05) is 29.1 Å². The van der Waals surface area contributed by atoms with Crippen LogP contribution in [0.15, 0.2) is 54.6 Å². The molecule has 24 heavy (non-hydrogen) atoms. The van der Waals surface area contributed by atoms with E-state index in [1.165, 1.54) is 5.56 Å². The summed E-state index contributed by atoms with van der Waals surface area (Å²) in [4.78, 5) is 26.3. The Balaban J connectivity index is 1.87. The van der Waals surface area contributed by atoms with Crippen molar-refractivity contribution in [3.63, 3.8) is 0 Å². The third-order valence-electron chi connectivity index (χ3n) is 4.79. The maximum absolute atomic E-state index is 13.0. The Morgan fingerprint density at radius 3 is 2.38 bits per heavy atom. The summed E-state index contributed by atoms with van der Waals surface area (Å²) in [5.74, 6) is -0.251. The largest absolute Gasteiger partial charge is 0.366 e. The molecule has 1 aliphatic rings. The van der Waals surface area contributed by atoms with E-state index in [1.54, 1.807) is 24.3 Å². The van der Waals surface area contributed by atoms with Crippen LogP contribution in [0.4, 0.5) is 0 Å². The lowest BCUT2D eigenvalue weighted by atomic mass is 9.91. The number of nitrogens with zero attached hydrogens (tertiary/aromatic N) is 1. The lowest BCUT2D eigenvalue weighted by Gasteiger charge is -2.31. The summed E-state index contributed by atoms with van der Waals surface area (Å²) in [5.41, 5.74) is 7.21. The molecule has 1 heterocycles. The number of amides is 2. The monoisotopic (exact) mass is 322 g/mol. The van der Waals surface area contributed by atoms with Crippen LogP contribution in [0.25, 0.3) is 0 Å². The molecular formula is C20H22N2O2. The minimum Gasteiger partial charge on any atom is -0.366 e. The average molecular weight is 322 g/mol.